The molecule has 0 aromatic heterocycles. The maximum atomic E-state index is 11.9. The van der Waals surface area contributed by atoms with E-state index in [2.05, 4.69) is 0 Å². The van der Waals surface area contributed by atoms with Crippen LogP contribution >= 0.6 is 0 Å². The van der Waals surface area contributed by atoms with E-state index < -0.39 is 42.3 Å². The van der Waals surface area contributed by atoms with Crippen molar-refractivity contribution < 1.29 is 52.7 Å². The van der Waals surface area contributed by atoms with Crippen LogP contribution in [0.25, 0.3) is 0 Å². The Morgan fingerprint density at radius 1 is 0.848 bits per heavy atom. The standard InChI is InChI=1S/C21H29NO11/c1-5-28-19(25)31-11-12(4)16(17(22)18(23)24)13-8-9-14(32-20(26)29-6-2)15(10-13)33-21(27)30-7-3/h8-10,12,16-17H,5-7,11,22H2,1-4H3,(H,23,24)/t12?,16?,17-/m0/s1. The fourth-order valence-corrected chi connectivity index (χ4v) is 2.88. The highest BCUT2D eigenvalue weighted by Gasteiger charge is 2.33. The van der Waals surface area contributed by atoms with Gasteiger partial charge in [0, 0.05) is 5.92 Å². The van der Waals surface area contributed by atoms with Crippen LogP contribution in [0.15, 0.2) is 18.2 Å². The minimum atomic E-state index is -1.40. The molecule has 2 unspecified atom stereocenters. The van der Waals surface area contributed by atoms with E-state index in [0.717, 1.165) is 0 Å². The second-order valence-electron chi connectivity index (χ2n) is 6.64. The SMILES string of the molecule is CCOC(=O)OCC(C)C(c1ccc(OC(=O)OCC)c(OC(=O)OCC)c1)[C@H](N)C(=O)O. The van der Waals surface area contributed by atoms with Crippen LogP contribution in [0.5, 0.6) is 11.5 Å². The number of hydrogen-bond donors (Lipinski definition) is 2. The predicted molar refractivity (Wildman–Crippen MR) is 112 cm³/mol. The Balaban J connectivity index is 3.31. The van der Waals surface area contributed by atoms with Gasteiger partial charge < -0.3 is 39.3 Å². The molecule has 12 heteroatoms. The van der Waals surface area contributed by atoms with Gasteiger partial charge in [-0.15, -0.1) is 0 Å². The molecule has 0 amide bonds. The zero-order valence-electron chi connectivity index (χ0n) is 18.9. The monoisotopic (exact) mass is 471 g/mol. The third-order valence-electron chi connectivity index (χ3n) is 4.27. The molecule has 33 heavy (non-hydrogen) atoms. The highest BCUT2D eigenvalue weighted by Crippen LogP contribution is 2.36. The molecule has 0 spiro atoms. The number of carbonyl (C=O) groups is 4. The fourth-order valence-electron chi connectivity index (χ4n) is 2.88. The third-order valence-corrected chi connectivity index (χ3v) is 4.27. The maximum absolute atomic E-state index is 11.9. The predicted octanol–water partition coefficient (Wildman–Crippen LogP) is 3.06. The minimum absolute atomic E-state index is 0.0291. The molecule has 0 saturated heterocycles. The average Bonchev–Trinajstić information content (AvgIpc) is 2.74. The number of carbonyl (C=O) groups excluding carboxylic acids is 3. The summed E-state index contributed by atoms with van der Waals surface area (Å²) in [6.07, 6.45) is -3.01. The van der Waals surface area contributed by atoms with E-state index in [4.69, 9.17) is 34.2 Å². The van der Waals surface area contributed by atoms with E-state index in [-0.39, 0.29) is 37.9 Å². The molecular weight excluding hydrogens is 442 g/mol. The lowest BCUT2D eigenvalue weighted by Gasteiger charge is -2.27. The Hall–Kier alpha value is -3.54. The van der Waals surface area contributed by atoms with Gasteiger partial charge in [-0.2, -0.15) is 0 Å². The average molecular weight is 471 g/mol. The van der Waals surface area contributed by atoms with Crippen molar-refractivity contribution in [3.8, 4) is 11.5 Å². The largest absolute Gasteiger partial charge is 0.513 e. The molecule has 184 valence electrons. The van der Waals surface area contributed by atoms with Gasteiger partial charge in [0.2, 0.25) is 0 Å². The number of aliphatic carboxylic acids is 1. The molecule has 0 heterocycles. The molecular formula is C21H29NO11. The Bertz CT molecular complexity index is 826. The van der Waals surface area contributed by atoms with Crippen molar-refractivity contribution in [1.29, 1.82) is 0 Å². The molecule has 0 aliphatic carbocycles. The summed E-state index contributed by atoms with van der Waals surface area (Å²) in [6, 6.07) is 2.63. The Labute approximate surface area is 190 Å². The first-order valence-electron chi connectivity index (χ1n) is 10.3. The number of ether oxygens (including phenoxy) is 6. The summed E-state index contributed by atoms with van der Waals surface area (Å²) in [5, 5.41) is 9.49. The van der Waals surface area contributed by atoms with Crippen LogP contribution in [-0.2, 0) is 23.7 Å². The van der Waals surface area contributed by atoms with Gasteiger partial charge in [0.1, 0.15) is 6.04 Å². The van der Waals surface area contributed by atoms with E-state index in [1.165, 1.54) is 18.2 Å². The lowest BCUT2D eigenvalue weighted by molar-refractivity contribution is -0.139. The van der Waals surface area contributed by atoms with Crippen molar-refractivity contribution in [3.05, 3.63) is 23.8 Å². The van der Waals surface area contributed by atoms with Gasteiger partial charge in [0.05, 0.1) is 26.4 Å². The van der Waals surface area contributed by atoms with E-state index in [9.17, 15) is 24.3 Å². The Morgan fingerprint density at radius 2 is 1.36 bits per heavy atom. The number of benzene rings is 1. The van der Waals surface area contributed by atoms with Crippen molar-refractivity contribution in [3.63, 3.8) is 0 Å². The lowest BCUT2D eigenvalue weighted by atomic mass is 9.82. The molecule has 3 atom stereocenters. The van der Waals surface area contributed by atoms with E-state index >= 15 is 0 Å². The number of hydrogen-bond acceptors (Lipinski definition) is 11. The molecule has 0 fully saturated rings. The zero-order valence-corrected chi connectivity index (χ0v) is 18.9. The van der Waals surface area contributed by atoms with Gasteiger partial charge in [-0.25, -0.2) is 14.4 Å². The van der Waals surface area contributed by atoms with Gasteiger partial charge in [0.15, 0.2) is 11.5 Å². The molecule has 0 aliphatic rings. The van der Waals surface area contributed by atoms with Crippen LogP contribution in [0.1, 0.15) is 39.2 Å². The molecule has 12 nitrogen and oxygen atoms in total. The summed E-state index contributed by atoms with van der Waals surface area (Å²) >= 11 is 0. The number of carboxylic acids is 1. The van der Waals surface area contributed by atoms with Crippen molar-refractivity contribution >= 4 is 24.4 Å². The summed E-state index contributed by atoms with van der Waals surface area (Å²) in [5.41, 5.74) is 6.23. The Kier molecular flexibility index (Phi) is 11.5. The second kappa shape index (κ2) is 13.8. The molecule has 3 N–H and O–H groups in total. The van der Waals surface area contributed by atoms with Crippen LogP contribution < -0.4 is 15.2 Å². The summed E-state index contributed by atoms with van der Waals surface area (Å²) in [4.78, 5) is 46.8. The van der Waals surface area contributed by atoms with Crippen molar-refractivity contribution in [2.24, 2.45) is 11.7 Å². The van der Waals surface area contributed by atoms with E-state index in [1.807, 2.05) is 0 Å². The quantitative estimate of drug-likeness (QED) is 0.275. The smallest absolute Gasteiger partial charge is 0.480 e. The van der Waals surface area contributed by atoms with E-state index in [0.29, 0.717) is 5.56 Å². The number of rotatable bonds is 11. The fraction of sp³-hybridized carbons (Fsp3) is 0.524. The highest BCUT2D eigenvalue weighted by molar-refractivity contribution is 5.75. The number of carboxylic acid groups (broad SMARTS) is 1. The molecule has 0 saturated carbocycles. The van der Waals surface area contributed by atoms with Crippen LogP contribution in [-0.4, -0.2) is 62.0 Å². The normalized spacial score (nSPS) is 13.1. The van der Waals surface area contributed by atoms with Crippen molar-refractivity contribution in [2.75, 3.05) is 26.4 Å². The van der Waals surface area contributed by atoms with Gasteiger partial charge in [-0.05, 0) is 44.4 Å². The summed E-state index contributed by atoms with van der Waals surface area (Å²) in [6.45, 7) is 6.39. The van der Waals surface area contributed by atoms with Crippen molar-refractivity contribution in [2.45, 2.75) is 39.7 Å². The summed E-state index contributed by atoms with van der Waals surface area (Å²) in [5.74, 6) is -3.17. The molecule has 1 aromatic rings. The van der Waals surface area contributed by atoms with Crippen LogP contribution in [0.2, 0.25) is 0 Å². The molecule has 0 aliphatic heterocycles. The van der Waals surface area contributed by atoms with Gasteiger partial charge in [-0.3, -0.25) is 4.79 Å². The topological polar surface area (TPSA) is 170 Å². The van der Waals surface area contributed by atoms with E-state index in [1.54, 1.807) is 27.7 Å². The maximum Gasteiger partial charge on any atom is 0.513 e. The Morgan fingerprint density at radius 3 is 1.88 bits per heavy atom. The zero-order chi connectivity index (χ0) is 25.0. The first-order valence-corrected chi connectivity index (χ1v) is 10.3. The first-order chi connectivity index (χ1) is 15.6. The molecule has 1 rings (SSSR count). The van der Waals surface area contributed by atoms with Crippen molar-refractivity contribution in [1.82, 2.24) is 0 Å². The number of nitrogens with two attached hydrogens (primary N) is 1. The van der Waals surface area contributed by atoms with Gasteiger partial charge in [-0.1, -0.05) is 13.0 Å². The van der Waals surface area contributed by atoms with Gasteiger partial charge in [0.25, 0.3) is 0 Å². The van der Waals surface area contributed by atoms with Crippen LogP contribution in [0.4, 0.5) is 14.4 Å². The van der Waals surface area contributed by atoms with Gasteiger partial charge >= 0.3 is 24.4 Å². The lowest BCUT2D eigenvalue weighted by Crippen LogP contribution is -2.40. The minimum Gasteiger partial charge on any atom is -0.480 e. The third kappa shape index (κ3) is 8.85. The summed E-state index contributed by atoms with van der Waals surface area (Å²) in [7, 11) is 0. The first kappa shape index (κ1) is 27.5. The van der Waals surface area contributed by atoms with Crippen LogP contribution in [0.3, 0.4) is 0 Å². The summed E-state index contributed by atoms with van der Waals surface area (Å²) < 4.78 is 29.3. The molecule has 0 bridgehead atoms. The van der Waals surface area contributed by atoms with Crippen LogP contribution in [0, 0.1) is 5.92 Å². The molecule has 1 aromatic carbocycles. The second-order valence-corrected chi connectivity index (χ2v) is 6.64. The highest BCUT2D eigenvalue weighted by atomic mass is 16.7. The molecule has 0 radical (unpaired) electrons.